The highest BCUT2D eigenvalue weighted by molar-refractivity contribution is 6.49. The molecule has 9 aromatic rings. The van der Waals surface area contributed by atoms with Crippen molar-refractivity contribution >= 4 is 39.7 Å². The quantitative estimate of drug-likeness (QED) is 0.0869. The number of aromatic nitrogens is 3. The molecule has 0 spiro atoms. The number of Topliss-reactive ketones (excluding diaryl/α,β-unsaturated/α-hetero) is 2. The first-order valence-electron chi connectivity index (χ1n) is 18.1. The number of hydrogen-bond donors (Lipinski definition) is 3. The number of nitrogens with one attached hydrogen (secondary N) is 3. The highest BCUT2D eigenvalue weighted by atomic mass is 16.2. The fraction of sp³-hybridized carbons (Fsp3) is 0.0408. The molecule has 6 heteroatoms. The minimum absolute atomic E-state index is 0.427. The van der Waals surface area contributed by atoms with E-state index in [0.29, 0.717) is 11.1 Å². The Balaban J connectivity index is 0.000000141. The summed E-state index contributed by atoms with van der Waals surface area (Å²) in [7, 11) is 0. The van der Waals surface area contributed by atoms with Crippen LogP contribution in [0.3, 0.4) is 0 Å². The third-order valence-corrected chi connectivity index (χ3v) is 9.47. The van der Waals surface area contributed by atoms with Crippen molar-refractivity contribution in [2.24, 2.45) is 0 Å². The van der Waals surface area contributed by atoms with Gasteiger partial charge in [-0.1, -0.05) is 158 Å². The van der Waals surface area contributed by atoms with Crippen LogP contribution in [0.4, 0.5) is 0 Å². The molecular weight excluding hydrogens is 679 g/mol. The van der Waals surface area contributed by atoms with Crippen LogP contribution in [-0.2, 0) is 0 Å². The molecule has 55 heavy (non-hydrogen) atoms. The molecule has 0 fully saturated rings. The first kappa shape index (κ1) is 36.1. The van der Waals surface area contributed by atoms with Crippen molar-refractivity contribution in [1.82, 2.24) is 15.0 Å². The van der Waals surface area contributed by atoms with Gasteiger partial charge in [-0.3, -0.25) is 14.4 Å². The average molecular weight is 718 g/mol. The maximum Gasteiger partial charge on any atom is 0.233 e. The average Bonchev–Trinajstić information content (AvgIpc) is 3.93. The molecule has 0 amide bonds. The van der Waals surface area contributed by atoms with Gasteiger partial charge in [0.15, 0.2) is 6.29 Å². The summed E-state index contributed by atoms with van der Waals surface area (Å²) in [6, 6.07) is 56.8. The monoisotopic (exact) mass is 717 g/mol. The molecule has 0 bridgehead atoms. The smallest absolute Gasteiger partial charge is 0.233 e. The predicted octanol–water partition coefficient (Wildman–Crippen LogP) is 11.8. The van der Waals surface area contributed by atoms with Crippen molar-refractivity contribution in [1.29, 1.82) is 0 Å². The number of H-pyrrole nitrogens is 3. The zero-order chi connectivity index (χ0) is 38.1. The van der Waals surface area contributed by atoms with Crippen molar-refractivity contribution in [2.75, 3.05) is 0 Å². The topological polar surface area (TPSA) is 98.6 Å². The molecule has 9 rings (SSSR count). The van der Waals surface area contributed by atoms with Gasteiger partial charge in [-0.25, -0.2) is 0 Å². The van der Waals surface area contributed by atoms with Gasteiger partial charge in [-0.2, -0.15) is 0 Å². The van der Waals surface area contributed by atoms with Crippen LogP contribution in [0, 0.1) is 13.8 Å². The summed E-state index contributed by atoms with van der Waals surface area (Å²) in [5, 5.41) is 2.25. The number of hydrogen-bond acceptors (Lipinski definition) is 3. The number of carbonyl (C=O) groups excluding carboxylic acids is 3. The third-order valence-electron chi connectivity index (χ3n) is 9.47. The van der Waals surface area contributed by atoms with Gasteiger partial charge in [0.2, 0.25) is 11.6 Å². The number of aryl methyl sites for hydroxylation is 2. The zero-order valence-electron chi connectivity index (χ0n) is 30.5. The van der Waals surface area contributed by atoms with E-state index in [1.165, 1.54) is 38.9 Å². The molecule has 0 aliphatic rings. The summed E-state index contributed by atoms with van der Waals surface area (Å²) >= 11 is 0. The lowest BCUT2D eigenvalue weighted by Gasteiger charge is -2.04. The minimum atomic E-state index is -0.466. The predicted molar refractivity (Wildman–Crippen MR) is 224 cm³/mol. The van der Waals surface area contributed by atoms with Crippen LogP contribution >= 0.6 is 0 Å². The van der Waals surface area contributed by atoms with E-state index in [1.807, 2.05) is 43.3 Å². The van der Waals surface area contributed by atoms with Crippen LogP contribution in [0.15, 0.2) is 176 Å². The number of carbonyl (C=O) groups is 3. The second-order valence-corrected chi connectivity index (χ2v) is 13.1. The molecule has 0 aliphatic carbocycles. The largest absolute Gasteiger partial charge is 0.358 e. The summed E-state index contributed by atoms with van der Waals surface area (Å²) in [6.07, 6.45) is 0.897. The van der Waals surface area contributed by atoms with Crippen LogP contribution in [0.1, 0.15) is 42.5 Å². The van der Waals surface area contributed by atoms with Crippen molar-refractivity contribution in [3.63, 3.8) is 0 Å². The Bertz CT molecular complexity index is 2600. The second kappa shape index (κ2) is 16.6. The van der Waals surface area contributed by atoms with Crippen molar-refractivity contribution < 1.29 is 14.4 Å². The molecule has 6 nitrogen and oxygen atoms in total. The number of fused-ring (bicyclic) bond motifs is 2. The van der Waals surface area contributed by atoms with Gasteiger partial charge in [-0.15, -0.1) is 0 Å². The molecule has 0 atom stereocenters. The van der Waals surface area contributed by atoms with Gasteiger partial charge in [0, 0.05) is 66.7 Å². The number of benzene rings is 6. The van der Waals surface area contributed by atoms with Crippen molar-refractivity contribution in [3.05, 3.63) is 204 Å². The number of aldehydes is 1. The summed E-state index contributed by atoms with van der Waals surface area (Å²) in [5.41, 5.74) is 13.1. The van der Waals surface area contributed by atoms with E-state index in [9.17, 15) is 14.4 Å². The molecule has 0 aliphatic heterocycles. The summed E-state index contributed by atoms with van der Waals surface area (Å²) in [5.74, 6) is -0.932. The lowest BCUT2D eigenvalue weighted by atomic mass is 10.0. The van der Waals surface area contributed by atoms with Gasteiger partial charge in [0.1, 0.15) is 0 Å². The van der Waals surface area contributed by atoms with Crippen LogP contribution < -0.4 is 0 Å². The Hall–Kier alpha value is -7.31. The molecule has 3 heterocycles. The maximum absolute atomic E-state index is 11.8. The van der Waals surface area contributed by atoms with E-state index >= 15 is 0 Å². The Morgan fingerprint density at radius 1 is 0.473 bits per heavy atom. The van der Waals surface area contributed by atoms with Crippen molar-refractivity contribution in [3.8, 4) is 33.6 Å². The van der Waals surface area contributed by atoms with Crippen LogP contribution in [0.25, 0.3) is 55.4 Å². The van der Waals surface area contributed by atoms with Gasteiger partial charge < -0.3 is 15.0 Å². The maximum atomic E-state index is 11.8. The SMILES string of the molecule is Cc1[nH]c2ccccc2c1-c1cc(-c2ccccc2)c(-c2ccccc2)[nH]1.Cc1[nH]c2ccccc2c1C=O.O=C(C(=O)c1ccccc1)c1ccccc1. The van der Waals surface area contributed by atoms with Crippen LogP contribution in [0.2, 0.25) is 0 Å². The van der Waals surface area contributed by atoms with Gasteiger partial charge in [-0.05, 0) is 43.2 Å². The first-order valence-corrected chi connectivity index (χ1v) is 18.1. The Morgan fingerprint density at radius 2 is 0.909 bits per heavy atom. The number of para-hydroxylation sites is 2. The lowest BCUT2D eigenvalue weighted by Crippen LogP contribution is -2.14. The van der Waals surface area contributed by atoms with E-state index in [4.69, 9.17) is 0 Å². The molecule has 6 aromatic carbocycles. The Labute approximate surface area is 319 Å². The second-order valence-electron chi connectivity index (χ2n) is 13.1. The molecule has 0 unspecified atom stereocenters. The van der Waals surface area contributed by atoms with E-state index in [-0.39, 0.29) is 0 Å². The fourth-order valence-electron chi connectivity index (χ4n) is 6.78. The third kappa shape index (κ3) is 7.89. The molecule has 3 N–H and O–H groups in total. The summed E-state index contributed by atoms with van der Waals surface area (Å²) in [6.45, 7) is 4.05. The molecular formula is C49H39N3O3. The normalized spacial score (nSPS) is 10.6. The first-order chi connectivity index (χ1) is 26.9. The van der Waals surface area contributed by atoms with Crippen molar-refractivity contribution in [2.45, 2.75) is 13.8 Å². The molecule has 268 valence electrons. The van der Waals surface area contributed by atoms with Gasteiger partial charge in [0.25, 0.3) is 0 Å². The minimum Gasteiger partial charge on any atom is -0.358 e. The fourth-order valence-corrected chi connectivity index (χ4v) is 6.78. The Kier molecular flexibility index (Phi) is 10.9. The summed E-state index contributed by atoms with van der Waals surface area (Å²) in [4.78, 5) is 44.6. The van der Waals surface area contributed by atoms with E-state index in [2.05, 4.69) is 113 Å². The summed E-state index contributed by atoms with van der Waals surface area (Å²) < 4.78 is 0. The van der Waals surface area contributed by atoms with E-state index < -0.39 is 11.6 Å². The van der Waals surface area contributed by atoms with E-state index in [1.54, 1.807) is 48.5 Å². The molecule has 0 saturated carbocycles. The Morgan fingerprint density at radius 3 is 1.45 bits per heavy atom. The zero-order valence-corrected chi connectivity index (χ0v) is 30.5. The van der Waals surface area contributed by atoms with Gasteiger partial charge in [0.05, 0.1) is 5.69 Å². The lowest BCUT2D eigenvalue weighted by molar-refractivity contribution is 0.0817. The highest BCUT2D eigenvalue weighted by Gasteiger charge is 2.18. The molecule has 3 aromatic heterocycles. The number of aromatic amines is 3. The molecule has 0 radical (unpaired) electrons. The van der Waals surface area contributed by atoms with Crippen LogP contribution in [0.5, 0.6) is 0 Å². The molecule has 0 saturated heterocycles. The van der Waals surface area contributed by atoms with Gasteiger partial charge >= 0.3 is 0 Å². The van der Waals surface area contributed by atoms with E-state index in [0.717, 1.165) is 39.8 Å². The van der Waals surface area contributed by atoms with Crippen LogP contribution in [-0.4, -0.2) is 32.8 Å². The number of rotatable bonds is 7. The number of ketones is 2. The standard InChI is InChI=1S/C25H20N2.C14H10O2.C10H9NO/c1-17-24(20-14-8-9-15-22(20)26-17)23-16-21(18-10-4-2-5-11-18)25(27-23)19-12-6-3-7-13-19;15-13(11-7-3-1-4-8-11)14(16)12-9-5-2-6-10-12;1-7-9(6-12)8-4-2-3-5-10(8)11-7/h2-16,26-27H,1H3;1-10H;2-6,11H,1H3. The highest BCUT2D eigenvalue weighted by Crippen LogP contribution is 2.39.